The van der Waals surface area contributed by atoms with E-state index in [2.05, 4.69) is 34.6 Å². The van der Waals surface area contributed by atoms with Crippen molar-refractivity contribution in [2.75, 3.05) is 0 Å². The Bertz CT molecular complexity index is 579. The second kappa shape index (κ2) is 7.73. The first kappa shape index (κ1) is 20.9. The molecule has 0 N–H and O–H groups in total. The van der Waals surface area contributed by atoms with Crippen molar-refractivity contribution in [3.8, 4) is 0 Å². The van der Waals surface area contributed by atoms with Gasteiger partial charge in [-0.25, -0.2) is 0 Å². The first-order valence-electron chi connectivity index (χ1n) is 12.8. The van der Waals surface area contributed by atoms with E-state index < -0.39 is 0 Å². The molecular weight excluding hydrogens is 340 g/mol. The molecule has 1 heteroatoms. The van der Waals surface area contributed by atoms with E-state index in [1.807, 2.05) is 0 Å². The zero-order valence-electron chi connectivity index (χ0n) is 19.4. The van der Waals surface area contributed by atoms with Crippen LogP contribution in [0, 0.1) is 52.3 Å². The van der Waals surface area contributed by atoms with Gasteiger partial charge in [0.05, 0.1) is 0 Å². The molecule has 4 fully saturated rings. The van der Waals surface area contributed by atoms with Crippen LogP contribution in [0.5, 0.6) is 0 Å². The molecule has 3 unspecified atom stereocenters. The maximum absolute atomic E-state index is 12.1. The predicted octanol–water partition coefficient (Wildman–Crippen LogP) is 7.68. The summed E-state index contributed by atoms with van der Waals surface area (Å²) in [7, 11) is 0. The Kier molecular flexibility index (Phi) is 5.78. The quantitative estimate of drug-likeness (QED) is 0.473. The maximum atomic E-state index is 12.1. The van der Waals surface area contributed by atoms with Gasteiger partial charge in [-0.1, -0.05) is 53.9 Å². The summed E-state index contributed by atoms with van der Waals surface area (Å²) in [6, 6.07) is 0. The summed E-state index contributed by atoms with van der Waals surface area (Å²) in [5.41, 5.74) is 1.07. The van der Waals surface area contributed by atoms with Gasteiger partial charge in [0, 0.05) is 12.8 Å². The number of hydrogen-bond acceptors (Lipinski definition) is 1. The van der Waals surface area contributed by atoms with E-state index in [-0.39, 0.29) is 0 Å². The molecule has 0 spiro atoms. The van der Waals surface area contributed by atoms with Crippen LogP contribution in [0.4, 0.5) is 0 Å². The first-order chi connectivity index (χ1) is 13.3. The van der Waals surface area contributed by atoms with Crippen LogP contribution in [0.3, 0.4) is 0 Å². The number of fused-ring (bicyclic) bond motifs is 5. The SMILES string of the molecule is CC(C)CCC[C@@H](C)[C@H]1CCC2C3CC[C@@H]4CC(=O)CC[C@]4(C)C3CC[C@@]21C. The molecule has 4 aliphatic carbocycles. The molecule has 1 nitrogen and oxygen atoms in total. The van der Waals surface area contributed by atoms with E-state index >= 15 is 0 Å². The minimum Gasteiger partial charge on any atom is -0.300 e. The molecule has 4 rings (SSSR count). The highest BCUT2D eigenvalue weighted by Gasteiger charge is 2.60. The summed E-state index contributed by atoms with van der Waals surface area (Å²) < 4.78 is 0. The highest BCUT2D eigenvalue weighted by molar-refractivity contribution is 5.79. The van der Waals surface area contributed by atoms with Crippen LogP contribution in [-0.2, 0) is 4.79 Å². The largest absolute Gasteiger partial charge is 0.300 e. The predicted molar refractivity (Wildman–Crippen MR) is 118 cm³/mol. The van der Waals surface area contributed by atoms with Gasteiger partial charge in [0.15, 0.2) is 0 Å². The van der Waals surface area contributed by atoms with E-state index in [0.717, 1.165) is 48.3 Å². The first-order valence-corrected chi connectivity index (χ1v) is 12.8. The minimum absolute atomic E-state index is 0.471. The zero-order chi connectivity index (χ0) is 20.1. The Morgan fingerprint density at radius 3 is 2.39 bits per heavy atom. The lowest BCUT2D eigenvalue weighted by molar-refractivity contribution is -0.140. The van der Waals surface area contributed by atoms with E-state index in [1.54, 1.807) is 0 Å². The number of carbonyl (C=O) groups excluding carboxylic acids is 1. The number of rotatable bonds is 5. The molecule has 0 aromatic heterocycles. The molecule has 0 aromatic carbocycles. The normalized spacial score (nSPS) is 46.8. The van der Waals surface area contributed by atoms with Gasteiger partial charge in [0.1, 0.15) is 5.78 Å². The Hall–Kier alpha value is -0.330. The molecule has 0 radical (unpaired) electrons. The molecule has 0 saturated heterocycles. The summed E-state index contributed by atoms with van der Waals surface area (Å²) in [6.45, 7) is 12.6. The van der Waals surface area contributed by atoms with Crippen LogP contribution in [-0.4, -0.2) is 5.78 Å². The van der Waals surface area contributed by atoms with Crippen LogP contribution in [0.15, 0.2) is 0 Å². The van der Waals surface area contributed by atoms with E-state index in [0.29, 0.717) is 22.5 Å². The summed E-state index contributed by atoms with van der Waals surface area (Å²) in [5, 5.41) is 0. The molecule has 0 amide bonds. The van der Waals surface area contributed by atoms with Crippen molar-refractivity contribution >= 4 is 5.78 Å². The van der Waals surface area contributed by atoms with Gasteiger partial charge in [0.2, 0.25) is 0 Å². The highest BCUT2D eigenvalue weighted by Crippen LogP contribution is 2.68. The molecule has 4 aliphatic rings. The molecular formula is C27H46O. The van der Waals surface area contributed by atoms with Crippen molar-refractivity contribution in [2.45, 2.75) is 112 Å². The lowest BCUT2D eigenvalue weighted by atomic mass is 9.44. The Labute approximate surface area is 174 Å². The van der Waals surface area contributed by atoms with Gasteiger partial charge in [-0.2, -0.15) is 0 Å². The maximum Gasteiger partial charge on any atom is 0.133 e. The van der Waals surface area contributed by atoms with Crippen molar-refractivity contribution in [3.63, 3.8) is 0 Å². The van der Waals surface area contributed by atoms with Crippen LogP contribution < -0.4 is 0 Å². The molecule has 0 heterocycles. The Morgan fingerprint density at radius 2 is 1.64 bits per heavy atom. The number of Topliss-reactive ketones (excluding diaryl/α,β-unsaturated/α-hetero) is 1. The topological polar surface area (TPSA) is 17.1 Å². The second-order valence-corrected chi connectivity index (χ2v) is 12.4. The van der Waals surface area contributed by atoms with Crippen LogP contribution >= 0.6 is 0 Å². The van der Waals surface area contributed by atoms with Gasteiger partial charge >= 0.3 is 0 Å². The monoisotopic (exact) mass is 386 g/mol. The van der Waals surface area contributed by atoms with Gasteiger partial charge < -0.3 is 0 Å². The Morgan fingerprint density at radius 1 is 0.893 bits per heavy atom. The van der Waals surface area contributed by atoms with Crippen LogP contribution in [0.1, 0.15) is 112 Å². The molecule has 0 aliphatic heterocycles. The lowest BCUT2D eigenvalue weighted by Crippen LogP contribution is -2.53. The lowest BCUT2D eigenvalue weighted by Gasteiger charge is -2.60. The Balaban J connectivity index is 1.47. The fraction of sp³-hybridized carbons (Fsp3) is 0.963. The van der Waals surface area contributed by atoms with Gasteiger partial charge in [-0.15, -0.1) is 0 Å². The fourth-order valence-electron chi connectivity index (χ4n) is 9.07. The molecule has 8 atom stereocenters. The summed E-state index contributed by atoms with van der Waals surface area (Å²) in [6.07, 6.45) is 15.9. The third kappa shape index (κ3) is 3.41. The average molecular weight is 387 g/mol. The molecule has 0 bridgehead atoms. The van der Waals surface area contributed by atoms with Crippen molar-refractivity contribution in [1.82, 2.24) is 0 Å². The third-order valence-electron chi connectivity index (χ3n) is 10.7. The van der Waals surface area contributed by atoms with Crippen molar-refractivity contribution in [1.29, 1.82) is 0 Å². The van der Waals surface area contributed by atoms with Crippen LogP contribution in [0.2, 0.25) is 0 Å². The zero-order valence-corrected chi connectivity index (χ0v) is 19.4. The molecule has 160 valence electrons. The van der Waals surface area contributed by atoms with Crippen molar-refractivity contribution in [2.24, 2.45) is 52.3 Å². The number of ketones is 1. The van der Waals surface area contributed by atoms with Crippen molar-refractivity contribution in [3.05, 3.63) is 0 Å². The average Bonchev–Trinajstić information content (AvgIpc) is 2.99. The van der Waals surface area contributed by atoms with E-state index in [9.17, 15) is 4.79 Å². The summed E-state index contributed by atoms with van der Waals surface area (Å²) in [5.74, 6) is 6.82. The van der Waals surface area contributed by atoms with Gasteiger partial charge in [0.25, 0.3) is 0 Å². The van der Waals surface area contributed by atoms with Gasteiger partial charge in [-0.3, -0.25) is 4.79 Å². The fourth-order valence-corrected chi connectivity index (χ4v) is 9.07. The van der Waals surface area contributed by atoms with Crippen LogP contribution in [0.25, 0.3) is 0 Å². The van der Waals surface area contributed by atoms with Crippen molar-refractivity contribution < 1.29 is 4.79 Å². The van der Waals surface area contributed by atoms with E-state index in [1.165, 1.54) is 64.2 Å². The molecule has 28 heavy (non-hydrogen) atoms. The smallest absolute Gasteiger partial charge is 0.133 e. The van der Waals surface area contributed by atoms with Gasteiger partial charge in [-0.05, 0) is 97.2 Å². The number of carbonyl (C=O) groups is 1. The molecule has 0 aromatic rings. The molecule has 4 saturated carbocycles. The summed E-state index contributed by atoms with van der Waals surface area (Å²) >= 11 is 0. The third-order valence-corrected chi connectivity index (χ3v) is 10.7. The minimum atomic E-state index is 0.471. The van der Waals surface area contributed by atoms with E-state index in [4.69, 9.17) is 0 Å². The standard InChI is InChI=1S/C27H46O/c1-18(2)7-6-8-19(3)23-11-12-24-22-10-9-20-17-21(28)13-15-26(20,4)25(22)14-16-27(23,24)5/h18-20,22-25H,6-17H2,1-5H3/t19-,20-,22?,23-,24?,25?,26+,27-/m1/s1. The number of hydrogen-bond donors (Lipinski definition) is 0. The highest BCUT2D eigenvalue weighted by atomic mass is 16.1. The second-order valence-electron chi connectivity index (χ2n) is 12.4. The summed E-state index contributed by atoms with van der Waals surface area (Å²) in [4.78, 5) is 12.1.